The van der Waals surface area contributed by atoms with Gasteiger partial charge in [-0.1, -0.05) is 44.2 Å². The van der Waals surface area contributed by atoms with Crippen LogP contribution in [0, 0.1) is 5.92 Å². The van der Waals surface area contributed by atoms with Gasteiger partial charge in [-0.15, -0.1) is 0 Å². The third kappa shape index (κ3) is 6.07. The molecule has 102 valence electrons. The van der Waals surface area contributed by atoms with Gasteiger partial charge < -0.3 is 10.1 Å². The first kappa shape index (κ1) is 15.1. The first-order valence-corrected chi connectivity index (χ1v) is 6.25. The van der Waals surface area contributed by atoms with E-state index in [1.807, 2.05) is 30.3 Å². The molecular weight excluding hydrogens is 236 g/mol. The molecule has 1 unspecified atom stereocenters. The molecule has 1 aromatic rings. The molecule has 2 nitrogen and oxygen atoms in total. The highest BCUT2D eigenvalue weighted by Crippen LogP contribution is 2.17. The normalized spacial score (nSPS) is 13.2. The van der Waals surface area contributed by atoms with Crippen molar-refractivity contribution in [1.82, 2.24) is 5.32 Å². The minimum absolute atomic E-state index is 0.320. The lowest BCUT2D eigenvalue weighted by Gasteiger charge is -2.19. The smallest absolute Gasteiger partial charge is 0.261 e. The van der Waals surface area contributed by atoms with E-state index in [-0.39, 0.29) is 6.10 Å². The quantitative estimate of drug-likeness (QED) is 0.772. The fraction of sp³-hybridized carbons (Fsp3) is 0.571. The number of halogens is 2. The maximum absolute atomic E-state index is 12.2. The number of nitrogens with one attached hydrogen (secondary N) is 1. The van der Waals surface area contributed by atoms with E-state index >= 15 is 0 Å². The summed E-state index contributed by atoms with van der Waals surface area (Å²) < 4.78 is 29.7. The Hall–Kier alpha value is -1.00. The van der Waals surface area contributed by atoms with Crippen molar-refractivity contribution in [3.05, 3.63) is 35.9 Å². The van der Waals surface area contributed by atoms with Gasteiger partial charge in [-0.05, 0) is 18.0 Å². The van der Waals surface area contributed by atoms with E-state index in [1.165, 1.54) is 0 Å². The third-order valence-corrected chi connectivity index (χ3v) is 2.48. The van der Waals surface area contributed by atoms with Crippen molar-refractivity contribution >= 4 is 0 Å². The van der Waals surface area contributed by atoms with E-state index in [4.69, 9.17) is 4.74 Å². The first-order chi connectivity index (χ1) is 8.59. The zero-order valence-electron chi connectivity index (χ0n) is 10.9. The molecule has 1 N–H and O–H groups in total. The van der Waals surface area contributed by atoms with Crippen molar-refractivity contribution in [2.75, 3.05) is 19.7 Å². The van der Waals surface area contributed by atoms with Gasteiger partial charge in [0.25, 0.3) is 6.43 Å². The summed E-state index contributed by atoms with van der Waals surface area (Å²) in [6.45, 7) is 5.08. The van der Waals surface area contributed by atoms with Gasteiger partial charge in [0.05, 0.1) is 6.10 Å². The molecule has 0 amide bonds. The van der Waals surface area contributed by atoms with E-state index in [2.05, 4.69) is 19.2 Å². The lowest BCUT2D eigenvalue weighted by Crippen LogP contribution is -2.27. The monoisotopic (exact) mass is 257 g/mol. The van der Waals surface area contributed by atoms with E-state index in [9.17, 15) is 8.78 Å². The Morgan fingerprint density at radius 2 is 1.78 bits per heavy atom. The molecule has 18 heavy (non-hydrogen) atoms. The fourth-order valence-corrected chi connectivity index (χ4v) is 1.63. The molecule has 0 aromatic heterocycles. The van der Waals surface area contributed by atoms with Gasteiger partial charge >= 0.3 is 0 Å². The molecular formula is C14H21F2NO. The summed E-state index contributed by atoms with van der Waals surface area (Å²) in [5, 5.41) is 3.24. The average molecular weight is 257 g/mol. The van der Waals surface area contributed by atoms with Gasteiger partial charge in [-0.25, -0.2) is 8.78 Å². The van der Waals surface area contributed by atoms with Crippen LogP contribution in [0.4, 0.5) is 8.78 Å². The van der Waals surface area contributed by atoms with Gasteiger partial charge in [0.15, 0.2) is 0 Å². The van der Waals surface area contributed by atoms with Crippen LogP contribution in [0.15, 0.2) is 30.3 Å². The highest BCUT2D eigenvalue weighted by molar-refractivity contribution is 5.17. The molecule has 1 atom stereocenters. The van der Waals surface area contributed by atoms with Crippen LogP contribution in [0.5, 0.6) is 0 Å². The maximum Gasteiger partial charge on any atom is 0.261 e. The third-order valence-electron chi connectivity index (χ3n) is 2.48. The predicted molar refractivity (Wildman–Crippen MR) is 68.8 cm³/mol. The van der Waals surface area contributed by atoms with E-state index in [0.29, 0.717) is 12.5 Å². The van der Waals surface area contributed by atoms with Crippen LogP contribution in [0.2, 0.25) is 0 Å². The minimum Gasteiger partial charge on any atom is -0.366 e. The van der Waals surface area contributed by atoms with E-state index in [1.54, 1.807) is 0 Å². The molecule has 1 rings (SSSR count). The summed E-state index contributed by atoms with van der Waals surface area (Å²) in [5.41, 5.74) is 0.925. The van der Waals surface area contributed by atoms with E-state index in [0.717, 1.165) is 12.1 Å². The molecule has 0 aliphatic rings. The molecule has 0 bridgehead atoms. The molecule has 0 saturated carbocycles. The topological polar surface area (TPSA) is 21.3 Å². The zero-order chi connectivity index (χ0) is 13.4. The number of hydrogen-bond acceptors (Lipinski definition) is 2. The Morgan fingerprint density at radius 1 is 1.11 bits per heavy atom. The van der Waals surface area contributed by atoms with Crippen LogP contribution < -0.4 is 5.32 Å². The highest BCUT2D eigenvalue weighted by Gasteiger charge is 2.14. The van der Waals surface area contributed by atoms with Crippen LogP contribution >= 0.6 is 0 Å². The van der Waals surface area contributed by atoms with Gasteiger partial charge in [0.1, 0.15) is 6.61 Å². The summed E-state index contributed by atoms with van der Waals surface area (Å²) in [4.78, 5) is 0. The number of hydrogen-bond donors (Lipinski definition) is 1. The van der Waals surface area contributed by atoms with Crippen LogP contribution in [0.25, 0.3) is 0 Å². The fourth-order valence-electron chi connectivity index (χ4n) is 1.63. The molecule has 0 aliphatic heterocycles. The van der Waals surface area contributed by atoms with Gasteiger partial charge in [0.2, 0.25) is 0 Å². The van der Waals surface area contributed by atoms with Crippen LogP contribution in [-0.2, 0) is 4.74 Å². The Morgan fingerprint density at radius 3 is 2.33 bits per heavy atom. The lowest BCUT2D eigenvalue weighted by atomic mass is 10.1. The Kier molecular flexibility index (Phi) is 6.83. The standard InChI is InChI=1S/C14H21F2NO/c1-11(2)8-17-9-13(18-10-14(15)16)12-6-4-3-5-7-12/h3-7,11,13-14,17H,8-10H2,1-2H3. The van der Waals surface area contributed by atoms with Crippen molar-refractivity contribution in [3.63, 3.8) is 0 Å². The Bertz CT molecular complexity index is 317. The van der Waals surface area contributed by atoms with Crippen LogP contribution in [0.1, 0.15) is 25.5 Å². The average Bonchev–Trinajstić information content (AvgIpc) is 2.34. The lowest BCUT2D eigenvalue weighted by molar-refractivity contribution is -0.0247. The summed E-state index contributed by atoms with van der Waals surface area (Å²) in [6, 6.07) is 9.46. The van der Waals surface area contributed by atoms with Crippen molar-refractivity contribution in [2.24, 2.45) is 5.92 Å². The van der Waals surface area contributed by atoms with Gasteiger partial charge in [-0.3, -0.25) is 0 Å². The molecule has 4 heteroatoms. The molecule has 0 fully saturated rings. The minimum atomic E-state index is -2.43. The molecule has 0 aliphatic carbocycles. The largest absolute Gasteiger partial charge is 0.366 e. The van der Waals surface area contributed by atoms with Gasteiger partial charge in [-0.2, -0.15) is 0 Å². The molecule has 0 radical (unpaired) electrons. The summed E-state index contributed by atoms with van der Waals surface area (Å²) in [7, 11) is 0. The van der Waals surface area contributed by atoms with Crippen LogP contribution in [-0.4, -0.2) is 26.1 Å². The second-order valence-corrected chi connectivity index (χ2v) is 4.68. The van der Waals surface area contributed by atoms with Crippen molar-refractivity contribution in [1.29, 1.82) is 0 Å². The van der Waals surface area contributed by atoms with Crippen molar-refractivity contribution in [3.8, 4) is 0 Å². The number of rotatable bonds is 8. The highest BCUT2D eigenvalue weighted by atomic mass is 19.3. The molecule has 1 aromatic carbocycles. The second kappa shape index (κ2) is 8.16. The summed E-state index contributed by atoms with van der Waals surface area (Å²) in [5.74, 6) is 0.525. The van der Waals surface area contributed by atoms with Gasteiger partial charge in [0, 0.05) is 6.54 Å². The molecule has 0 spiro atoms. The SMILES string of the molecule is CC(C)CNCC(OCC(F)F)c1ccccc1. The number of alkyl halides is 2. The summed E-state index contributed by atoms with van der Waals surface area (Å²) >= 11 is 0. The Balaban J connectivity index is 2.52. The second-order valence-electron chi connectivity index (χ2n) is 4.68. The first-order valence-electron chi connectivity index (χ1n) is 6.25. The Labute approximate surface area is 107 Å². The van der Waals surface area contributed by atoms with Crippen molar-refractivity contribution in [2.45, 2.75) is 26.4 Å². The number of ether oxygens (including phenoxy) is 1. The molecule has 0 heterocycles. The van der Waals surface area contributed by atoms with Crippen molar-refractivity contribution < 1.29 is 13.5 Å². The zero-order valence-corrected chi connectivity index (χ0v) is 10.9. The van der Waals surface area contributed by atoms with Crippen LogP contribution in [0.3, 0.4) is 0 Å². The molecule has 0 saturated heterocycles. The predicted octanol–water partition coefficient (Wildman–Crippen LogP) is 3.26. The summed E-state index contributed by atoms with van der Waals surface area (Å²) in [6.07, 6.45) is -2.75. The number of benzene rings is 1. The maximum atomic E-state index is 12.2. The van der Waals surface area contributed by atoms with E-state index < -0.39 is 13.0 Å².